The van der Waals surface area contributed by atoms with E-state index in [2.05, 4.69) is 10.3 Å². The third kappa shape index (κ3) is 2.70. The van der Waals surface area contributed by atoms with E-state index in [-0.39, 0.29) is 17.3 Å². The largest absolute Gasteiger partial charge is 0.387 e. The first kappa shape index (κ1) is 13.0. The summed E-state index contributed by atoms with van der Waals surface area (Å²) in [7, 11) is 3.29. The van der Waals surface area contributed by atoms with E-state index in [1.165, 1.54) is 18.0 Å². The minimum absolute atomic E-state index is 0.229. The van der Waals surface area contributed by atoms with E-state index in [0.29, 0.717) is 0 Å². The number of hydrogen-bond acceptors (Lipinski definition) is 3. The molecule has 98 valence electrons. The molecule has 1 aromatic carbocycles. The number of nitrogens with zero attached hydrogens (tertiary/aromatic N) is 2. The maximum atomic E-state index is 13.6. The van der Waals surface area contributed by atoms with Crippen LogP contribution in [-0.4, -0.2) is 25.0 Å². The molecule has 0 radical (unpaired) electrons. The van der Waals surface area contributed by atoms with Crippen LogP contribution in [0.25, 0.3) is 0 Å². The summed E-state index contributed by atoms with van der Waals surface area (Å²) in [5.74, 6) is -0.794. The molecular formula is C14H14FN3O. The molecule has 19 heavy (non-hydrogen) atoms. The number of benzene rings is 1. The summed E-state index contributed by atoms with van der Waals surface area (Å²) in [6, 6.07) is 9.48. The summed E-state index contributed by atoms with van der Waals surface area (Å²) in [5, 5.41) is 2.92. The number of halogens is 1. The zero-order valence-electron chi connectivity index (χ0n) is 10.7. The third-order valence-corrected chi connectivity index (χ3v) is 2.79. The molecule has 1 N–H and O–H groups in total. The first-order valence-electron chi connectivity index (χ1n) is 5.80. The summed E-state index contributed by atoms with van der Waals surface area (Å²) in [6.45, 7) is 0. The van der Waals surface area contributed by atoms with E-state index < -0.39 is 5.82 Å². The van der Waals surface area contributed by atoms with Gasteiger partial charge < -0.3 is 10.2 Å². The first-order chi connectivity index (χ1) is 9.13. The van der Waals surface area contributed by atoms with Crippen LogP contribution in [0.1, 0.15) is 10.5 Å². The molecule has 0 bridgehead atoms. The number of para-hydroxylation sites is 1. The third-order valence-electron chi connectivity index (χ3n) is 2.79. The second kappa shape index (κ2) is 5.48. The van der Waals surface area contributed by atoms with Crippen LogP contribution in [0.15, 0.2) is 42.6 Å². The molecular weight excluding hydrogens is 245 g/mol. The van der Waals surface area contributed by atoms with Gasteiger partial charge in [0.05, 0.1) is 17.6 Å². The van der Waals surface area contributed by atoms with Gasteiger partial charge in [-0.25, -0.2) is 9.37 Å². The number of nitrogens with one attached hydrogen (secondary N) is 1. The highest BCUT2D eigenvalue weighted by atomic mass is 19.1. The Bertz CT molecular complexity index is 583. The zero-order chi connectivity index (χ0) is 13.8. The van der Waals surface area contributed by atoms with Crippen LogP contribution in [0.3, 0.4) is 0 Å². The van der Waals surface area contributed by atoms with Crippen molar-refractivity contribution < 1.29 is 9.18 Å². The van der Waals surface area contributed by atoms with Crippen molar-refractivity contribution in [2.24, 2.45) is 0 Å². The Kier molecular flexibility index (Phi) is 3.75. The average molecular weight is 259 g/mol. The lowest BCUT2D eigenvalue weighted by Gasteiger charge is -2.17. The Labute approximate surface area is 110 Å². The lowest BCUT2D eigenvalue weighted by molar-refractivity contribution is 0.0987. The molecule has 0 saturated heterocycles. The highest BCUT2D eigenvalue weighted by Gasteiger charge is 2.17. The monoisotopic (exact) mass is 259 g/mol. The van der Waals surface area contributed by atoms with Crippen molar-refractivity contribution in [3.8, 4) is 0 Å². The summed E-state index contributed by atoms with van der Waals surface area (Å²) in [6.07, 6.45) is 1.56. The molecule has 4 nitrogen and oxygen atoms in total. The smallest absolute Gasteiger partial charge is 0.276 e. The van der Waals surface area contributed by atoms with Gasteiger partial charge in [0.1, 0.15) is 11.5 Å². The fraction of sp³-hybridized carbons (Fsp3) is 0.143. The number of carbonyl (C=O) groups excluding carboxylic acids is 1. The fourth-order valence-corrected chi connectivity index (χ4v) is 1.67. The molecule has 0 saturated carbocycles. The normalized spacial score (nSPS) is 10.1. The quantitative estimate of drug-likeness (QED) is 0.921. The molecule has 1 heterocycles. The molecule has 2 rings (SSSR count). The predicted octanol–water partition coefficient (Wildman–Crippen LogP) is 2.54. The molecule has 5 heteroatoms. The standard InChI is InChI=1S/C14H14FN3O/c1-16-10-7-8-12(17-9-10)14(19)18(2)13-6-4-3-5-11(13)15/h3-9,16H,1-2H3. The number of amides is 1. The Morgan fingerprint density at radius 1 is 1.26 bits per heavy atom. The van der Waals surface area contributed by atoms with Crippen molar-refractivity contribution in [3.05, 3.63) is 54.1 Å². The van der Waals surface area contributed by atoms with Crippen LogP contribution in [0, 0.1) is 5.82 Å². The lowest BCUT2D eigenvalue weighted by Crippen LogP contribution is -2.27. The van der Waals surface area contributed by atoms with Gasteiger partial charge in [-0.1, -0.05) is 12.1 Å². The van der Waals surface area contributed by atoms with E-state index in [9.17, 15) is 9.18 Å². The lowest BCUT2D eigenvalue weighted by atomic mass is 10.2. The number of rotatable bonds is 3. The minimum Gasteiger partial charge on any atom is -0.387 e. The van der Waals surface area contributed by atoms with Gasteiger partial charge in [-0.05, 0) is 24.3 Å². The minimum atomic E-state index is -0.440. The molecule has 1 aromatic heterocycles. The highest BCUT2D eigenvalue weighted by Crippen LogP contribution is 2.19. The van der Waals surface area contributed by atoms with E-state index >= 15 is 0 Å². The topological polar surface area (TPSA) is 45.2 Å². The second-order valence-corrected chi connectivity index (χ2v) is 4.00. The highest BCUT2D eigenvalue weighted by molar-refractivity contribution is 6.04. The van der Waals surface area contributed by atoms with Crippen LogP contribution in [0.4, 0.5) is 15.8 Å². The SMILES string of the molecule is CNc1ccc(C(=O)N(C)c2ccccc2F)nc1. The number of hydrogen-bond donors (Lipinski definition) is 1. The molecule has 0 unspecified atom stereocenters. The Hall–Kier alpha value is -2.43. The molecule has 0 atom stereocenters. The Balaban J connectivity index is 2.26. The number of aromatic nitrogens is 1. The second-order valence-electron chi connectivity index (χ2n) is 4.00. The van der Waals surface area contributed by atoms with Crippen molar-refractivity contribution in [2.75, 3.05) is 24.3 Å². The molecule has 0 aliphatic rings. The predicted molar refractivity (Wildman–Crippen MR) is 72.9 cm³/mol. The maximum Gasteiger partial charge on any atom is 0.276 e. The Morgan fingerprint density at radius 2 is 2.00 bits per heavy atom. The molecule has 0 fully saturated rings. The van der Waals surface area contributed by atoms with Crippen LogP contribution in [-0.2, 0) is 0 Å². The summed E-state index contributed by atoms with van der Waals surface area (Å²) in [5.41, 5.74) is 1.31. The van der Waals surface area contributed by atoms with E-state index in [0.717, 1.165) is 5.69 Å². The molecule has 0 aliphatic heterocycles. The van der Waals surface area contributed by atoms with Crippen molar-refractivity contribution in [1.82, 2.24) is 4.98 Å². The van der Waals surface area contributed by atoms with E-state index in [1.54, 1.807) is 43.6 Å². The van der Waals surface area contributed by atoms with Gasteiger partial charge in [0.2, 0.25) is 0 Å². The van der Waals surface area contributed by atoms with Crippen molar-refractivity contribution in [3.63, 3.8) is 0 Å². The van der Waals surface area contributed by atoms with Gasteiger partial charge in [0.25, 0.3) is 5.91 Å². The van der Waals surface area contributed by atoms with Crippen LogP contribution >= 0.6 is 0 Å². The summed E-state index contributed by atoms with van der Waals surface area (Å²) in [4.78, 5) is 17.5. The number of carbonyl (C=O) groups is 1. The van der Waals surface area contributed by atoms with Crippen LogP contribution in [0.2, 0.25) is 0 Å². The van der Waals surface area contributed by atoms with Gasteiger partial charge in [-0.15, -0.1) is 0 Å². The van der Waals surface area contributed by atoms with Crippen LogP contribution in [0.5, 0.6) is 0 Å². The zero-order valence-corrected chi connectivity index (χ0v) is 10.7. The number of anilines is 2. The van der Waals surface area contributed by atoms with Gasteiger partial charge in [0.15, 0.2) is 0 Å². The van der Waals surface area contributed by atoms with Crippen molar-refractivity contribution in [2.45, 2.75) is 0 Å². The van der Waals surface area contributed by atoms with Gasteiger partial charge in [-0.2, -0.15) is 0 Å². The first-order valence-corrected chi connectivity index (χ1v) is 5.80. The van der Waals surface area contributed by atoms with Crippen molar-refractivity contribution in [1.29, 1.82) is 0 Å². The van der Waals surface area contributed by atoms with E-state index in [1.807, 2.05) is 0 Å². The molecule has 1 amide bonds. The van der Waals surface area contributed by atoms with E-state index in [4.69, 9.17) is 0 Å². The van der Waals surface area contributed by atoms with Gasteiger partial charge >= 0.3 is 0 Å². The summed E-state index contributed by atoms with van der Waals surface area (Å²) >= 11 is 0. The summed E-state index contributed by atoms with van der Waals surface area (Å²) < 4.78 is 13.6. The van der Waals surface area contributed by atoms with Crippen molar-refractivity contribution >= 4 is 17.3 Å². The maximum absolute atomic E-state index is 13.6. The van der Waals surface area contributed by atoms with Crippen LogP contribution < -0.4 is 10.2 Å². The number of pyridine rings is 1. The van der Waals surface area contributed by atoms with Gasteiger partial charge in [0, 0.05) is 14.1 Å². The molecule has 2 aromatic rings. The molecule has 0 aliphatic carbocycles. The molecule has 0 spiro atoms. The fourth-order valence-electron chi connectivity index (χ4n) is 1.67. The average Bonchev–Trinajstić information content (AvgIpc) is 2.46. The van der Waals surface area contributed by atoms with Gasteiger partial charge in [-0.3, -0.25) is 4.79 Å². The Morgan fingerprint density at radius 3 is 2.58 bits per heavy atom.